The van der Waals surface area contributed by atoms with E-state index in [0.717, 1.165) is 0 Å². The molecule has 16 heavy (non-hydrogen) atoms. The lowest BCUT2D eigenvalue weighted by molar-refractivity contribution is 0.0989. The van der Waals surface area contributed by atoms with E-state index < -0.39 is 0 Å². The second-order valence-corrected chi connectivity index (χ2v) is 3.34. The van der Waals surface area contributed by atoms with Crippen LogP contribution in [0.15, 0.2) is 35.1 Å². The smallest absolute Gasteiger partial charge is 0.195 e. The number of aromatic nitrogens is 1. The Morgan fingerprint density at radius 2 is 2.19 bits per heavy atom. The van der Waals surface area contributed by atoms with Crippen LogP contribution in [0.4, 0.5) is 0 Å². The third kappa shape index (κ3) is 1.69. The number of pyridine rings is 1. The van der Waals surface area contributed by atoms with Crippen LogP contribution in [0.3, 0.4) is 0 Å². The topological polar surface area (TPSA) is 59.4 Å². The molecule has 1 heterocycles. The molecular weight excluding hydrogens is 204 g/mol. The molecule has 0 aromatic carbocycles. The Kier molecular flexibility index (Phi) is 2.72. The number of hydrogen-bond donors (Lipinski definition) is 0. The van der Waals surface area contributed by atoms with Crippen LogP contribution in [0.1, 0.15) is 27.6 Å². The van der Waals surface area contributed by atoms with Crippen molar-refractivity contribution in [2.45, 2.75) is 6.92 Å². The van der Waals surface area contributed by atoms with E-state index in [0.29, 0.717) is 23.2 Å². The zero-order valence-corrected chi connectivity index (χ0v) is 8.80. The number of fused-ring (bicyclic) bond motifs is 1. The Morgan fingerprint density at radius 3 is 2.94 bits per heavy atom. The lowest BCUT2D eigenvalue weighted by Gasteiger charge is -2.11. The molecule has 0 spiro atoms. The molecule has 0 aliphatic heterocycles. The molecule has 1 aliphatic rings. The molecule has 0 N–H and O–H groups in total. The van der Waals surface area contributed by atoms with Crippen LogP contribution in [0.25, 0.3) is 0 Å². The van der Waals surface area contributed by atoms with Crippen LogP contribution < -0.4 is 0 Å². The minimum atomic E-state index is -0.194. The first kappa shape index (κ1) is 10.4. The van der Waals surface area contributed by atoms with Gasteiger partial charge in [0.15, 0.2) is 11.6 Å². The van der Waals surface area contributed by atoms with Crippen molar-refractivity contribution in [3.8, 4) is 0 Å². The van der Waals surface area contributed by atoms with Gasteiger partial charge in [0.25, 0.3) is 0 Å². The van der Waals surface area contributed by atoms with Gasteiger partial charge >= 0.3 is 0 Å². The number of carbonyl (C=O) groups excluding carboxylic acids is 2. The number of Topliss-reactive ketones (excluding diaryl/α,β-unsaturated/α-hetero) is 1. The van der Waals surface area contributed by atoms with Gasteiger partial charge in [0.2, 0.25) is 0 Å². The Morgan fingerprint density at radius 1 is 1.38 bits per heavy atom. The van der Waals surface area contributed by atoms with Crippen molar-refractivity contribution in [3.63, 3.8) is 0 Å². The third-order valence-electron chi connectivity index (χ3n) is 2.29. The highest BCUT2D eigenvalue weighted by molar-refractivity contribution is 6.31. The zero-order valence-electron chi connectivity index (χ0n) is 8.80. The van der Waals surface area contributed by atoms with Crippen LogP contribution in [-0.2, 0) is 0 Å². The summed E-state index contributed by atoms with van der Waals surface area (Å²) in [5, 5.41) is 0. The van der Waals surface area contributed by atoms with Crippen molar-refractivity contribution in [2.24, 2.45) is 4.99 Å². The summed E-state index contributed by atoms with van der Waals surface area (Å²) in [6.45, 7) is 2.45. The maximum Gasteiger partial charge on any atom is 0.195 e. The third-order valence-corrected chi connectivity index (χ3v) is 2.29. The monoisotopic (exact) mass is 214 g/mol. The lowest BCUT2D eigenvalue weighted by Crippen LogP contribution is -2.17. The van der Waals surface area contributed by atoms with Gasteiger partial charge < -0.3 is 0 Å². The van der Waals surface area contributed by atoms with E-state index in [-0.39, 0.29) is 11.6 Å². The molecule has 0 amide bonds. The van der Waals surface area contributed by atoms with Gasteiger partial charge in [-0.3, -0.25) is 19.6 Å². The van der Waals surface area contributed by atoms with Gasteiger partial charge in [-0.15, -0.1) is 0 Å². The van der Waals surface area contributed by atoms with Gasteiger partial charge in [-0.05, 0) is 19.1 Å². The molecule has 0 unspecified atom stereocenters. The molecule has 0 fully saturated rings. The highest BCUT2D eigenvalue weighted by Crippen LogP contribution is 2.19. The molecule has 2 rings (SSSR count). The second-order valence-electron chi connectivity index (χ2n) is 3.34. The van der Waals surface area contributed by atoms with Crippen LogP contribution in [0.2, 0.25) is 0 Å². The summed E-state index contributed by atoms with van der Waals surface area (Å²) in [4.78, 5) is 31.4. The van der Waals surface area contributed by atoms with Crippen molar-refractivity contribution in [2.75, 3.05) is 6.54 Å². The van der Waals surface area contributed by atoms with Crippen molar-refractivity contribution in [3.05, 3.63) is 41.2 Å². The molecule has 4 heteroatoms. The molecular formula is C12H10N2O2. The summed E-state index contributed by atoms with van der Waals surface area (Å²) in [5.74, 6) is -0.366. The fraction of sp³-hybridized carbons (Fsp3) is 0.167. The number of hydrogen-bond acceptors (Lipinski definition) is 4. The molecule has 0 bridgehead atoms. The van der Waals surface area contributed by atoms with Gasteiger partial charge in [-0.2, -0.15) is 0 Å². The Bertz CT molecular complexity index is 516. The number of allylic oxidation sites excluding steroid dienone is 2. The molecule has 0 radical (unpaired) electrons. The molecule has 4 nitrogen and oxygen atoms in total. The van der Waals surface area contributed by atoms with E-state index in [1.807, 2.05) is 6.92 Å². The van der Waals surface area contributed by atoms with Crippen molar-refractivity contribution in [1.29, 1.82) is 0 Å². The van der Waals surface area contributed by atoms with Crippen LogP contribution >= 0.6 is 0 Å². The van der Waals surface area contributed by atoms with E-state index >= 15 is 0 Å². The summed E-state index contributed by atoms with van der Waals surface area (Å²) >= 11 is 0. The second kappa shape index (κ2) is 4.18. The van der Waals surface area contributed by atoms with E-state index in [9.17, 15) is 9.59 Å². The maximum atomic E-state index is 11.9. The van der Waals surface area contributed by atoms with Gasteiger partial charge in [-0.25, -0.2) is 0 Å². The van der Waals surface area contributed by atoms with Crippen LogP contribution in [-0.4, -0.2) is 29.3 Å². The average molecular weight is 214 g/mol. The predicted octanol–water partition coefficient (Wildman–Crippen LogP) is 1.48. The van der Waals surface area contributed by atoms with Crippen molar-refractivity contribution < 1.29 is 9.59 Å². The molecule has 80 valence electrons. The van der Waals surface area contributed by atoms with E-state index in [1.54, 1.807) is 6.07 Å². The molecule has 1 aromatic rings. The van der Waals surface area contributed by atoms with Gasteiger partial charge in [0.05, 0.1) is 5.56 Å². The number of rotatable bonds is 2. The molecule has 1 aliphatic carbocycles. The first-order chi connectivity index (χ1) is 7.74. The molecule has 0 saturated heterocycles. The van der Waals surface area contributed by atoms with Crippen molar-refractivity contribution >= 4 is 17.8 Å². The molecule has 1 aromatic heterocycles. The fourth-order valence-corrected chi connectivity index (χ4v) is 1.51. The first-order valence-electron chi connectivity index (χ1n) is 4.98. The highest BCUT2D eigenvalue weighted by atomic mass is 16.1. The van der Waals surface area contributed by atoms with Crippen LogP contribution in [0, 0.1) is 0 Å². The summed E-state index contributed by atoms with van der Waals surface area (Å²) < 4.78 is 0. The lowest BCUT2D eigenvalue weighted by atomic mass is 9.91. The maximum absolute atomic E-state index is 11.9. The number of nitrogens with zero attached hydrogens (tertiary/aromatic N) is 2. The largest absolute Gasteiger partial charge is 0.293 e. The van der Waals surface area contributed by atoms with Gasteiger partial charge in [-0.1, -0.05) is 0 Å². The average Bonchev–Trinajstić information content (AvgIpc) is 2.32. The van der Waals surface area contributed by atoms with Crippen LogP contribution in [0.5, 0.6) is 0 Å². The normalized spacial score (nSPS) is 15.2. The fourth-order valence-electron chi connectivity index (χ4n) is 1.51. The highest BCUT2D eigenvalue weighted by Gasteiger charge is 2.24. The van der Waals surface area contributed by atoms with E-state index in [4.69, 9.17) is 0 Å². The van der Waals surface area contributed by atoms with Crippen molar-refractivity contribution in [1.82, 2.24) is 4.98 Å². The summed E-state index contributed by atoms with van der Waals surface area (Å²) in [7, 11) is 0. The SMILES string of the molecule is CC/N=C\C1=CC(=O)c2cnccc2C1=O. The number of ketones is 2. The zero-order chi connectivity index (χ0) is 11.5. The quantitative estimate of drug-likeness (QED) is 0.700. The summed E-state index contributed by atoms with van der Waals surface area (Å²) in [5.41, 5.74) is 1.10. The van der Waals surface area contributed by atoms with Gasteiger partial charge in [0.1, 0.15) is 0 Å². The van der Waals surface area contributed by atoms with Gasteiger partial charge in [0, 0.05) is 36.3 Å². The first-order valence-corrected chi connectivity index (χ1v) is 4.98. The van der Waals surface area contributed by atoms with E-state index in [1.165, 1.54) is 24.7 Å². The Labute approximate surface area is 92.7 Å². The minimum Gasteiger partial charge on any atom is -0.293 e. The standard InChI is InChI=1S/C12H10N2O2/c1-2-13-6-8-5-11(15)10-7-14-4-3-9(10)12(8)16/h3-7H,2H2,1H3/b13-6-. The summed E-state index contributed by atoms with van der Waals surface area (Å²) in [6, 6.07) is 1.56. The molecule has 0 atom stereocenters. The summed E-state index contributed by atoms with van der Waals surface area (Å²) in [6.07, 6.45) is 5.68. The predicted molar refractivity (Wildman–Crippen MR) is 60.0 cm³/mol. The number of carbonyl (C=O) groups is 2. The molecule has 0 saturated carbocycles. The number of aliphatic imine (C=N–C) groups is 1. The minimum absolute atomic E-state index is 0.172. The Hall–Kier alpha value is -2.10. The Balaban J connectivity index is 2.47. The van der Waals surface area contributed by atoms with E-state index in [2.05, 4.69) is 9.98 Å².